The lowest BCUT2D eigenvalue weighted by Gasteiger charge is -2.23. The summed E-state index contributed by atoms with van der Waals surface area (Å²) in [5, 5.41) is 0. The smallest absolute Gasteiger partial charge is 0.381 e. The van der Waals surface area contributed by atoms with Crippen molar-refractivity contribution in [3.05, 3.63) is 52.2 Å². The Morgan fingerprint density at radius 1 is 1.19 bits per heavy atom. The number of ether oxygens (including phenoxy) is 2. The monoisotopic (exact) mass is 435 g/mol. The van der Waals surface area contributed by atoms with Crippen LogP contribution in [-0.4, -0.2) is 40.3 Å². The molecule has 2 aromatic heterocycles. The second-order valence-corrected chi connectivity index (χ2v) is 7.83. The topological polar surface area (TPSA) is 58.3 Å². The molecule has 166 valence electrons. The third-order valence-corrected chi connectivity index (χ3v) is 5.64. The number of aryl methyl sites for hydroxylation is 2. The fourth-order valence-corrected chi connectivity index (χ4v) is 4.11. The van der Waals surface area contributed by atoms with Gasteiger partial charge in [-0.1, -0.05) is 6.07 Å². The molecule has 3 heterocycles. The third kappa shape index (κ3) is 4.67. The first-order chi connectivity index (χ1) is 14.7. The van der Waals surface area contributed by atoms with Gasteiger partial charge >= 0.3 is 6.36 Å². The molecule has 4 rings (SSSR count). The van der Waals surface area contributed by atoms with Gasteiger partial charge in [0.25, 0.3) is 5.56 Å². The minimum atomic E-state index is -4.67. The normalized spacial score (nSPS) is 15.6. The lowest BCUT2D eigenvalue weighted by molar-refractivity contribution is -0.325. The first-order valence-corrected chi connectivity index (χ1v) is 10.2. The summed E-state index contributed by atoms with van der Waals surface area (Å²) in [6.45, 7) is 2.52. The number of nitrogens with zero attached hydrogens (tertiary/aromatic N) is 3. The molecule has 6 nitrogen and oxygen atoms in total. The van der Waals surface area contributed by atoms with Crippen LogP contribution in [0.25, 0.3) is 22.2 Å². The van der Waals surface area contributed by atoms with E-state index in [1.165, 1.54) is 4.57 Å². The van der Waals surface area contributed by atoms with E-state index in [0.717, 1.165) is 40.8 Å². The van der Waals surface area contributed by atoms with Crippen molar-refractivity contribution in [1.82, 2.24) is 14.1 Å². The number of imidazole rings is 1. The number of halogens is 3. The van der Waals surface area contributed by atoms with Gasteiger partial charge in [-0.15, -0.1) is 13.2 Å². The molecule has 0 amide bonds. The zero-order valence-corrected chi connectivity index (χ0v) is 17.4. The number of aromatic nitrogens is 3. The maximum Gasteiger partial charge on any atom is 0.522 e. The highest BCUT2D eigenvalue weighted by Gasteiger charge is 2.29. The van der Waals surface area contributed by atoms with E-state index in [1.807, 2.05) is 28.8 Å². The highest BCUT2D eigenvalue weighted by atomic mass is 19.4. The van der Waals surface area contributed by atoms with Gasteiger partial charge in [0.1, 0.15) is 5.82 Å². The number of alkyl halides is 3. The summed E-state index contributed by atoms with van der Waals surface area (Å²) in [5.74, 6) is 0.883. The number of pyridine rings is 1. The van der Waals surface area contributed by atoms with Crippen molar-refractivity contribution in [3.8, 4) is 11.1 Å². The molecule has 0 atom stereocenters. The molecule has 0 N–H and O–H groups in total. The van der Waals surface area contributed by atoms with Crippen molar-refractivity contribution < 1.29 is 22.6 Å². The standard InChI is InChI=1S/C22H24F3N3O3/c1-14-11-17(13-27(2)21(14)29)16-3-4-18-19(12-16)28(7-10-31-22(23,24)25)20(26-18)15-5-8-30-9-6-15/h3-4,11-13,15H,5-10H2,1-2H3. The van der Waals surface area contributed by atoms with Gasteiger partial charge in [-0.05, 0) is 49.1 Å². The lowest BCUT2D eigenvalue weighted by atomic mass is 9.99. The van der Waals surface area contributed by atoms with Crippen molar-refractivity contribution in [2.24, 2.45) is 7.05 Å². The maximum absolute atomic E-state index is 12.6. The Hall–Kier alpha value is -2.65. The van der Waals surface area contributed by atoms with Crippen LogP contribution in [0.4, 0.5) is 13.2 Å². The Morgan fingerprint density at radius 3 is 2.61 bits per heavy atom. The molecule has 31 heavy (non-hydrogen) atoms. The van der Waals surface area contributed by atoms with Crippen LogP contribution in [0, 0.1) is 6.92 Å². The molecule has 0 bridgehead atoms. The number of benzene rings is 1. The van der Waals surface area contributed by atoms with Crippen LogP contribution in [0.15, 0.2) is 35.3 Å². The van der Waals surface area contributed by atoms with E-state index in [9.17, 15) is 18.0 Å². The Balaban J connectivity index is 1.77. The van der Waals surface area contributed by atoms with Crippen LogP contribution < -0.4 is 5.56 Å². The number of rotatable bonds is 5. The molecule has 0 aliphatic carbocycles. The average Bonchev–Trinajstić information content (AvgIpc) is 3.09. The minimum Gasteiger partial charge on any atom is -0.381 e. The summed E-state index contributed by atoms with van der Waals surface area (Å²) in [6.07, 6.45) is -1.37. The first-order valence-electron chi connectivity index (χ1n) is 10.2. The molecule has 0 saturated carbocycles. The molecular weight excluding hydrogens is 411 g/mol. The van der Waals surface area contributed by atoms with Crippen LogP contribution >= 0.6 is 0 Å². The Bertz CT molecular complexity index is 1120. The molecule has 3 aromatic rings. The molecule has 1 fully saturated rings. The largest absolute Gasteiger partial charge is 0.522 e. The Labute approximate surface area is 177 Å². The fraction of sp³-hybridized carbons (Fsp3) is 0.455. The van der Waals surface area contributed by atoms with Crippen molar-refractivity contribution in [3.63, 3.8) is 0 Å². The predicted molar refractivity (Wildman–Crippen MR) is 110 cm³/mol. The quantitative estimate of drug-likeness (QED) is 0.605. The van der Waals surface area contributed by atoms with Crippen LogP contribution in [0.2, 0.25) is 0 Å². The molecule has 9 heteroatoms. The Morgan fingerprint density at radius 2 is 1.94 bits per heavy atom. The van der Waals surface area contributed by atoms with E-state index in [2.05, 4.69) is 4.74 Å². The summed E-state index contributed by atoms with van der Waals surface area (Å²) in [5.41, 5.74) is 3.74. The van der Waals surface area contributed by atoms with Gasteiger partial charge in [0.05, 0.1) is 17.6 Å². The van der Waals surface area contributed by atoms with Gasteiger partial charge in [-0.2, -0.15) is 0 Å². The van der Waals surface area contributed by atoms with E-state index in [-0.39, 0.29) is 18.0 Å². The zero-order chi connectivity index (χ0) is 22.2. The van der Waals surface area contributed by atoms with Gasteiger partial charge in [0, 0.05) is 44.5 Å². The third-order valence-electron chi connectivity index (χ3n) is 5.64. The van der Waals surface area contributed by atoms with Crippen molar-refractivity contribution in [1.29, 1.82) is 0 Å². The van der Waals surface area contributed by atoms with E-state index in [1.54, 1.807) is 20.2 Å². The van der Waals surface area contributed by atoms with Gasteiger partial charge in [0.15, 0.2) is 0 Å². The van der Waals surface area contributed by atoms with E-state index in [4.69, 9.17) is 9.72 Å². The number of hydrogen-bond acceptors (Lipinski definition) is 4. The molecule has 1 aliphatic heterocycles. The van der Waals surface area contributed by atoms with Crippen LogP contribution in [0.3, 0.4) is 0 Å². The number of fused-ring (bicyclic) bond motifs is 1. The van der Waals surface area contributed by atoms with Gasteiger partial charge in [-0.25, -0.2) is 4.98 Å². The van der Waals surface area contributed by atoms with Gasteiger partial charge in [0.2, 0.25) is 0 Å². The van der Waals surface area contributed by atoms with E-state index in [0.29, 0.717) is 18.8 Å². The molecule has 0 spiro atoms. The summed E-state index contributed by atoms with van der Waals surface area (Å²) in [7, 11) is 1.69. The van der Waals surface area contributed by atoms with Crippen molar-refractivity contribution in [2.75, 3.05) is 19.8 Å². The van der Waals surface area contributed by atoms with E-state index >= 15 is 0 Å². The van der Waals surface area contributed by atoms with Gasteiger partial charge < -0.3 is 13.9 Å². The molecule has 0 unspecified atom stereocenters. The SMILES string of the molecule is Cc1cc(-c2ccc3nc(C4CCOCC4)n(CCOC(F)(F)F)c3c2)cn(C)c1=O. The second kappa shape index (κ2) is 8.47. The van der Waals surface area contributed by atoms with Crippen molar-refractivity contribution in [2.45, 2.75) is 38.6 Å². The molecule has 1 saturated heterocycles. The second-order valence-electron chi connectivity index (χ2n) is 7.83. The Kier molecular flexibility index (Phi) is 5.90. The highest BCUT2D eigenvalue weighted by molar-refractivity contribution is 5.82. The van der Waals surface area contributed by atoms with Gasteiger partial charge in [-0.3, -0.25) is 9.53 Å². The summed E-state index contributed by atoms with van der Waals surface area (Å²) in [6, 6.07) is 7.52. The molecular formula is C22H24F3N3O3. The predicted octanol–water partition coefficient (Wildman–Crippen LogP) is 4.14. The van der Waals surface area contributed by atoms with Crippen LogP contribution in [0.5, 0.6) is 0 Å². The van der Waals surface area contributed by atoms with Crippen LogP contribution in [-0.2, 0) is 23.1 Å². The summed E-state index contributed by atoms with van der Waals surface area (Å²) in [4.78, 5) is 16.8. The zero-order valence-electron chi connectivity index (χ0n) is 17.4. The van der Waals surface area contributed by atoms with Crippen LogP contribution in [0.1, 0.15) is 30.1 Å². The van der Waals surface area contributed by atoms with Crippen molar-refractivity contribution >= 4 is 11.0 Å². The highest BCUT2D eigenvalue weighted by Crippen LogP contribution is 2.32. The average molecular weight is 435 g/mol. The summed E-state index contributed by atoms with van der Waals surface area (Å²) >= 11 is 0. The minimum absolute atomic E-state index is 0.0401. The number of hydrogen-bond donors (Lipinski definition) is 0. The maximum atomic E-state index is 12.6. The molecule has 0 radical (unpaired) electrons. The first kappa shape index (κ1) is 21.6. The fourth-order valence-electron chi connectivity index (χ4n) is 4.11. The molecule has 1 aromatic carbocycles. The molecule has 1 aliphatic rings. The summed E-state index contributed by atoms with van der Waals surface area (Å²) < 4.78 is 50.5. The van der Waals surface area contributed by atoms with E-state index < -0.39 is 13.0 Å². The lowest BCUT2D eigenvalue weighted by Crippen LogP contribution is -2.21.